The zero-order valence-corrected chi connectivity index (χ0v) is 15.1. The minimum absolute atomic E-state index is 0.0724. The Bertz CT molecular complexity index is 661. The quantitative estimate of drug-likeness (QED) is 0.510. The predicted molar refractivity (Wildman–Crippen MR) is 92.0 cm³/mol. The average molecular weight is 368 g/mol. The number of aromatic hydroxyl groups is 1. The number of carbonyl (C=O) groups is 3. The first-order chi connectivity index (χ1) is 12.2. The summed E-state index contributed by atoms with van der Waals surface area (Å²) in [7, 11) is 2.53. The molecule has 0 saturated carbocycles. The van der Waals surface area contributed by atoms with Crippen LogP contribution in [0.4, 0.5) is 4.79 Å². The first-order valence-electron chi connectivity index (χ1n) is 7.94. The number of rotatable bonds is 8. The highest BCUT2D eigenvalue weighted by Gasteiger charge is 2.27. The number of aliphatic carboxylic acids is 1. The number of phenols is 1. The van der Waals surface area contributed by atoms with Gasteiger partial charge in [-0.3, -0.25) is 0 Å². The summed E-state index contributed by atoms with van der Waals surface area (Å²) in [5.41, 5.74) is 0.195. The smallest absolute Gasteiger partial charge is 0.330 e. The molecule has 144 valence electrons. The Morgan fingerprint density at radius 2 is 1.81 bits per heavy atom. The van der Waals surface area contributed by atoms with Gasteiger partial charge in [0.15, 0.2) is 17.5 Å². The lowest BCUT2D eigenvalue weighted by molar-refractivity contribution is -0.143. The molecule has 0 fully saturated rings. The molecule has 26 heavy (non-hydrogen) atoms. The molecule has 0 aliphatic rings. The van der Waals surface area contributed by atoms with Gasteiger partial charge in [-0.1, -0.05) is 19.9 Å². The SMILES string of the molecule is COC(=O)[C@H](CC(C)C)NC(=O)NC(C(=O)O)c1ccc(O)c(OC)c1. The van der Waals surface area contributed by atoms with Crippen molar-refractivity contribution < 1.29 is 34.1 Å². The molecule has 9 heteroatoms. The summed E-state index contributed by atoms with van der Waals surface area (Å²) >= 11 is 0. The molecule has 9 nitrogen and oxygen atoms in total. The molecule has 0 aliphatic carbocycles. The largest absolute Gasteiger partial charge is 0.504 e. The molecule has 2 amide bonds. The minimum atomic E-state index is -1.40. The highest BCUT2D eigenvalue weighted by molar-refractivity contribution is 5.87. The zero-order chi connectivity index (χ0) is 19.9. The van der Waals surface area contributed by atoms with Crippen molar-refractivity contribution in [2.75, 3.05) is 14.2 Å². The number of methoxy groups -OCH3 is 2. The van der Waals surface area contributed by atoms with E-state index in [1.54, 1.807) is 0 Å². The van der Waals surface area contributed by atoms with Crippen LogP contribution in [-0.4, -0.2) is 48.4 Å². The van der Waals surface area contributed by atoms with Gasteiger partial charge in [-0.25, -0.2) is 14.4 Å². The Morgan fingerprint density at radius 3 is 2.31 bits per heavy atom. The standard InChI is InChI=1S/C17H24N2O7/c1-9(2)7-11(16(23)26-4)18-17(24)19-14(15(21)22)10-5-6-12(20)13(8-10)25-3/h5-6,8-9,11,14,20H,7H2,1-4H3,(H,21,22)(H2,18,19,24)/t11-,14?/m0/s1. The van der Waals surface area contributed by atoms with E-state index in [1.165, 1.54) is 32.4 Å². The fourth-order valence-corrected chi connectivity index (χ4v) is 2.32. The molecule has 0 spiro atoms. The van der Waals surface area contributed by atoms with Gasteiger partial charge < -0.3 is 30.3 Å². The maximum Gasteiger partial charge on any atom is 0.330 e. The van der Waals surface area contributed by atoms with Gasteiger partial charge in [0.05, 0.1) is 14.2 Å². The third kappa shape index (κ3) is 5.83. The van der Waals surface area contributed by atoms with E-state index in [-0.39, 0.29) is 23.0 Å². The van der Waals surface area contributed by atoms with Crippen LogP contribution in [0.1, 0.15) is 31.9 Å². The summed E-state index contributed by atoms with van der Waals surface area (Å²) in [5.74, 6) is -1.91. The summed E-state index contributed by atoms with van der Waals surface area (Å²) in [5, 5.41) is 23.7. The van der Waals surface area contributed by atoms with Gasteiger partial charge in [-0.15, -0.1) is 0 Å². The van der Waals surface area contributed by atoms with Crippen molar-refractivity contribution in [1.82, 2.24) is 10.6 Å². The summed E-state index contributed by atoms with van der Waals surface area (Å²) in [6, 6.07) is 0.786. The Hall–Kier alpha value is -2.97. The monoisotopic (exact) mass is 368 g/mol. The number of esters is 1. The van der Waals surface area contributed by atoms with E-state index in [0.29, 0.717) is 6.42 Å². The van der Waals surface area contributed by atoms with Gasteiger partial charge in [0.1, 0.15) is 6.04 Å². The molecule has 1 aromatic carbocycles. The Morgan fingerprint density at radius 1 is 1.15 bits per heavy atom. The number of phenolic OH excluding ortho intramolecular Hbond substituents is 1. The fraction of sp³-hybridized carbons (Fsp3) is 0.471. The van der Waals surface area contributed by atoms with Gasteiger partial charge in [0.2, 0.25) is 0 Å². The van der Waals surface area contributed by atoms with Crippen LogP contribution in [0.3, 0.4) is 0 Å². The number of hydrogen-bond acceptors (Lipinski definition) is 6. The van der Waals surface area contributed by atoms with Gasteiger partial charge in [-0.05, 0) is 30.0 Å². The minimum Gasteiger partial charge on any atom is -0.504 e. The fourth-order valence-electron chi connectivity index (χ4n) is 2.32. The van der Waals surface area contributed by atoms with Crippen molar-refractivity contribution in [2.45, 2.75) is 32.4 Å². The number of hydrogen-bond donors (Lipinski definition) is 4. The Balaban J connectivity index is 2.94. The topological polar surface area (TPSA) is 134 Å². The molecule has 1 aromatic rings. The van der Waals surface area contributed by atoms with Crippen molar-refractivity contribution in [3.8, 4) is 11.5 Å². The van der Waals surface area contributed by atoms with E-state index in [1.807, 2.05) is 13.8 Å². The molecule has 0 aromatic heterocycles. The van der Waals surface area contributed by atoms with Crippen LogP contribution in [-0.2, 0) is 14.3 Å². The molecule has 0 saturated heterocycles. The number of carboxylic acid groups (broad SMARTS) is 1. The van der Waals surface area contributed by atoms with Crippen LogP contribution in [0.2, 0.25) is 0 Å². The number of ether oxygens (including phenoxy) is 2. The van der Waals surface area contributed by atoms with Crippen LogP contribution < -0.4 is 15.4 Å². The highest BCUT2D eigenvalue weighted by Crippen LogP contribution is 2.29. The molecule has 1 rings (SSSR count). The third-order valence-corrected chi connectivity index (χ3v) is 3.56. The molecular formula is C17H24N2O7. The number of amides is 2. The lowest BCUT2D eigenvalue weighted by atomic mass is 10.0. The number of nitrogens with one attached hydrogen (secondary N) is 2. The average Bonchev–Trinajstić information content (AvgIpc) is 2.58. The predicted octanol–water partition coefficient (Wildman–Crippen LogP) is 1.41. The third-order valence-electron chi connectivity index (χ3n) is 3.56. The number of benzene rings is 1. The molecule has 0 aliphatic heterocycles. The van der Waals surface area contributed by atoms with Crippen molar-refractivity contribution in [2.24, 2.45) is 5.92 Å². The molecule has 0 heterocycles. The van der Waals surface area contributed by atoms with Crippen molar-refractivity contribution in [1.29, 1.82) is 0 Å². The molecule has 0 bridgehead atoms. The lowest BCUT2D eigenvalue weighted by Crippen LogP contribution is -2.49. The summed E-state index contributed by atoms with van der Waals surface area (Å²) < 4.78 is 9.59. The lowest BCUT2D eigenvalue weighted by Gasteiger charge is -2.21. The Kier molecular flexibility index (Phi) is 7.70. The number of urea groups is 1. The van der Waals surface area contributed by atoms with E-state index in [2.05, 4.69) is 15.4 Å². The van der Waals surface area contributed by atoms with Gasteiger partial charge in [0, 0.05) is 0 Å². The highest BCUT2D eigenvalue weighted by atomic mass is 16.5. The summed E-state index contributed by atoms with van der Waals surface area (Å²) in [4.78, 5) is 35.5. The molecule has 0 radical (unpaired) electrons. The van der Waals surface area contributed by atoms with Gasteiger partial charge >= 0.3 is 18.0 Å². The van der Waals surface area contributed by atoms with Crippen LogP contribution >= 0.6 is 0 Å². The van der Waals surface area contributed by atoms with Crippen LogP contribution in [0, 0.1) is 5.92 Å². The maximum atomic E-state index is 12.2. The van der Waals surface area contributed by atoms with Crippen LogP contribution in [0.15, 0.2) is 18.2 Å². The van der Waals surface area contributed by atoms with E-state index in [4.69, 9.17) is 4.74 Å². The molecule has 4 N–H and O–H groups in total. The van der Waals surface area contributed by atoms with Gasteiger partial charge in [0.25, 0.3) is 0 Å². The summed E-state index contributed by atoms with van der Waals surface area (Å²) in [6.07, 6.45) is 0.338. The second kappa shape index (κ2) is 9.50. The Labute approximate surface area is 151 Å². The van der Waals surface area contributed by atoms with Crippen molar-refractivity contribution in [3.05, 3.63) is 23.8 Å². The van der Waals surface area contributed by atoms with E-state index in [9.17, 15) is 24.6 Å². The van der Waals surface area contributed by atoms with Crippen LogP contribution in [0.25, 0.3) is 0 Å². The number of carbonyl (C=O) groups excluding carboxylic acids is 2. The summed E-state index contributed by atoms with van der Waals surface area (Å²) in [6.45, 7) is 3.75. The molecular weight excluding hydrogens is 344 g/mol. The molecule has 2 atom stereocenters. The number of carboxylic acids is 1. The van der Waals surface area contributed by atoms with E-state index >= 15 is 0 Å². The first kappa shape index (κ1) is 21.1. The van der Waals surface area contributed by atoms with Crippen LogP contribution in [0.5, 0.6) is 11.5 Å². The van der Waals surface area contributed by atoms with Crippen molar-refractivity contribution >= 4 is 18.0 Å². The maximum absolute atomic E-state index is 12.2. The normalized spacial score (nSPS) is 12.8. The first-order valence-corrected chi connectivity index (χ1v) is 7.94. The van der Waals surface area contributed by atoms with Crippen molar-refractivity contribution in [3.63, 3.8) is 0 Å². The molecule has 1 unspecified atom stereocenters. The van der Waals surface area contributed by atoms with E-state index < -0.39 is 30.1 Å². The van der Waals surface area contributed by atoms with Gasteiger partial charge in [-0.2, -0.15) is 0 Å². The second-order valence-electron chi connectivity index (χ2n) is 6.03. The zero-order valence-electron chi connectivity index (χ0n) is 15.1. The van der Waals surface area contributed by atoms with E-state index in [0.717, 1.165) is 0 Å². The second-order valence-corrected chi connectivity index (χ2v) is 6.03.